The number of alkyl halides is 1. The molecule has 0 saturated carbocycles. The fraction of sp³-hybridized carbons (Fsp3) is 0.381. The number of halogens is 2. The Kier molecular flexibility index (Phi) is 4.08. The van der Waals surface area contributed by atoms with Crippen molar-refractivity contribution in [3.63, 3.8) is 0 Å². The maximum absolute atomic E-state index is 14.2. The molecular formula is C21H22ClFN2O. The predicted octanol–water partition coefficient (Wildman–Crippen LogP) is 4.36. The second-order valence-corrected chi connectivity index (χ2v) is 8.19. The minimum atomic E-state index is -1.33. The first-order valence-electron chi connectivity index (χ1n) is 8.87. The molecule has 1 aliphatic heterocycles. The van der Waals surface area contributed by atoms with Crippen LogP contribution in [0.5, 0.6) is 0 Å². The molecule has 1 aromatic carbocycles. The van der Waals surface area contributed by atoms with Crippen LogP contribution in [0.3, 0.4) is 0 Å². The van der Waals surface area contributed by atoms with Crippen LogP contribution >= 0.6 is 11.6 Å². The van der Waals surface area contributed by atoms with Crippen molar-refractivity contribution in [2.24, 2.45) is 0 Å². The minimum absolute atomic E-state index is 0.234. The zero-order valence-corrected chi connectivity index (χ0v) is 15.7. The summed E-state index contributed by atoms with van der Waals surface area (Å²) in [6, 6.07) is 7.75. The van der Waals surface area contributed by atoms with Crippen molar-refractivity contribution in [3.8, 4) is 0 Å². The van der Waals surface area contributed by atoms with Gasteiger partial charge in [-0.1, -0.05) is 29.8 Å². The van der Waals surface area contributed by atoms with E-state index in [4.69, 9.17) is 11.6 Å². The Morgan fingerprint density at radius 2 is 2.12 bits per heavy atom. The van der Waals surface area contributed by atoms with Crippen LogP contribution < -0.4 is 0 Å². The average molecular weight is 373 g/mol. The summed E-state index contributed by atoms with van der Waals surface area (Å²) < 4.78 is 14.2. The lowest BCUT2D eigenvalue weighted by atomic mass is 9.86. The van der Waals surface area contributed by atoms with Gasteiger partial charge in [-0.3, -0.25) is 4.98 Å². The summed E-state index contributed by atoms with van der Waals surface area (Å²) in [5.41, 5.74) is 2.72. The summed E-state index contributed by atoms with van der Waals surface area (Å²) in [6.45, 7) is 3.91. The van der Waals surface area contributed by atoms with Gasteiger partial charge in [-0.05, 0) is 61.1 Å². The zero-order chi connectivity index (χ0) is 18.5. The summed E-state index contributed by atoms with van der Waals surface area (Å²) in [4.78, 5) is 6.03. The van der Waals surface area contributed by atoms with Crippen LogP contribution in [0.25, 0.3) is 6.08 Å². The quantitative estimate of drug-likeness (QED) is 0.813. The number of pyridine rings is 1. The van der Waals surface area contributed by atoms with E-state index in [0.717, 1.165) is 34.2 Å². The molecule has 26 heavy (non-hydrogen) atoms. The van der Waals surface area contributed by atoms with Crippen molar-refractivity contribution in [1.82, 2.24) is 9.88 Å². The van der Waals surface area contributed by atoms with Gasteiger partial charge < -0.3 is 10.0 Å². The lowest BCUT2D eigenvalue weighted by molar-refractivity contribution is 0.0825. The highest BCUT2D eigenvalue weighted by molar-refractivity contribution is 6.31. The van der Waals surface area contributed by atoms with Crippen LogP contribution in [-0.2, 0) is 18.6 Å². The third-order valence-corrected chi connectivity index (χ3v) is 5.63. The first-order chi connectivity index (χ1) is 12.3. The van der Waals surface area contributed by atoms with Crippen molar-refractivity contribution in [1.29, 1.82) is 0 Å². The molecule has 0 saturated heterocycles. The van der Waals surface area contributed by atoms with Gasteiger partial charge in [0.15, 0.2) is 0 Å². The average Bonchev–Trinajstić information content (AvgIpc) is 2.94. The molecule has 0 amide bonds. The van der Waals surface area contributed by atoms with E-state index in [1.807, 2.05) is 35.2 Å². The number of benzene rings is 1. The van der Waals surface area contributed by atoms with E-state index in [1.54, 1.807) is 26.2 Å². The van der Waals surface area contributed by atoms with Gasteiger partial charge >= 0.3 is 0 Å². The van der Waals surface area contributed by atoms with Crippen molar-refractivity contribution in [3.05, 3.63) is 69.6 Å². The van der Waals surface area contributed by atoms with Gasteiger partial charge in [0.05, 0.1) is 6.54 Å². The molecule has 1 atom stereocenters. The number of aliphatic hydroxyl groups is 1. The first kappa shape index (κ1) is 17.5. The molecule has 0 bridgehead atoms. The van der Waals surface area contributed by atoms with Crippen molar-refractivity contribution in [2.45, 2.75) is 44.5 Å². The van der Waals surface area contributed by atoms with Crippen LogP contribution in [0.15, 0.2) is 41.8 Å². The highest BCUT2D eigenvalue weighted by atomic mass is 35.5. The number of rotatable bonds is 3. The first-order valence-corrected chi connectivity index (χ1v) is 9.25. The highest BCUT2D eigenvalue weighted by Gasteiger charge is 2.40. The second kappa shape index (κ2) is 6.07. The van der Waals surface area contributed by atoms with Crippen molar-refractivity contribution < 1.29 is 9.50 Å². The Morgan fingerprint density at radius 3 is 2.81 bits per heavy atom. The third kappa shape index (κ3) is 2.91. The number of aromatic nitrogens is 1. The summed E-state index contributed by atoms with van der Waals surface area (Å²) in [5.74, 6) is 0. The Morgan fingerprint density at radius 1 is 1.31 bits per heavy atom. The van der Waals surface area contributed by atoms with Crippen LogP contribution in [0.2, 0.25) is 0 Å². The van der Waals surface area contributed by atoms with E-state index in [1.165, 1.54) is 0 Å². The van der Waals surface area contributed by atoms with Gasteiger partial charge in [-0.2, -0.15) is 0 Å². The Labute approximate surface area is 158 Å². The van der Waals surface area contributed by atoms with E-state index in [2.05, 4.69) is 4.98 Å². The van der Waals surface area contributed by atoms with Crippen LogP contribution in [-0.4, -0.2) is 27.2 Å². The molecule has 136 valence electrons. The normalized spacial score (nSPS) is 22.0. The topological polar surface area (TPSA) is 36.4 Å². The maximum atomic E-state index is 14.2. The smallest absolute Gasteiger partial charge is 0.122 e. The molecule has 1 aromatic heterocycles. The predicted molar refractivity (Wildman–Crippen MR) is 101 cm³/mol. The third-order valence-electron chi connectivity index (χ3n) is 5.28. The Balaban J connectivity index is 1.76. The van der Waals surface area contributed by atoms with E-state index in [9.17, 15) is 9.50 Å². The summed E-state index contributed by atoms with van der Waals surface area (Å²) in [6.07, 6.45) is 6.73. The second-order valence-electron chi connectivity index (χ2n) is 7.80. The minimum Gasteiger partial charge on any atom is -0.380 e. The fourth-order valence-corrected chi connectivity index (χ4v) is 4.36. The molecule has 1 aliphatic carbocycles. The molecule has 4 rings (SSSR count). The van der Waals surface area contributed by atoms with E-state index in [-0.39, 0.29) is 6.54 Å². The molecule has 3 nitrogen and oxygen atoms in total. The fourth-order valence-electron chi connectivity index (χ4n) is 4.13. The molecule has 2 aliphatic rings. The van der Waals surface area contributed by atoms with Crippen LogP contribution in [0, 0.1) is 0 Å². The van der Waals surface area contributed by atoms with Gasteiger partial charge in [0.1, 0.15) is 16.4 Å². The van der Waals surface area contributed by atoms with Gasteiger partial charge in [-0.25, -0.2) is 4.39 Å². The molecule has 0 fully saturated rings. The Hall–Kier alpha value is -1.91. The SMILES string of the molecule is CC(C)(F)CN1Cc2c(ccc3c2CCC3(O)c2cccnc2)C=C1Cl. The summed E-state index contributed by atoms with van der Waals surface area (Å²) in [5, 5.41) is 11.9. The summed E-state index contributed by atoms with van der Waals surface area (Å²) in [7, 11) is 0. The maximum Gasteiger partial charge on any atom is 0.122 e. The number of hydrogen-bond donors (Lipinski definition) is 1. The van der Waals surface area contributed by atoms with E-state index >= 15 is 0 Å². The van der Waals surface area contributed by atoms with Crippen molar-refractivity contribution >= 4 is 17.7 Å². The number of hydrogen-bond acceptors (Lipinski definition) is 3. The number of nitrogens with zero attached hydrogens (tertiary/aromatic N) is 2. The monoisotopic (exact) mass is 372 g/mol. The van der Waals surface area contributed by atoms with Gasteiger partial charge in [-0.15, -0.1) is 0 Å². The summed E-state index contributed by atoms with van der Waals surface area (Å²) >= 11 is 6.38. The van der Waals surface area contributed by atoms with Gasteiger partial charge in [0.2, 0.25) is 0 Å². The zero-order valence-electron chi connectivity index (χ0n) is 15.0. The molecule has 1 unspecified atom stereocenters. The molecule has 2 aromatic rings. The molecule has 0 spiro atoms. The standard InChI is InChI=1S/C21H22ClFN2O/c1-20(2,23)13-25-12-17-14(10-19(25)22)5-6-18-16(17)7-8-21(18,26)15-4-3-9-24-11-15/h3-6,9-11,26H,7-8,12-13H2,1-2H3. The molecule has 0 radical (unpaired) electrons. The Bertz CT molecular complexity index is 876. The van der Waals surface area contributed by atoms with E-state index in [0.29, 0.717) is 18.1 Å². The molecular weight excluding hydrogens is 351 g/mol. The van der Waals surface area contributed by atoms with Gasteiger partial charge in [0.25, 0.3) is 0 Å². The lowest BCUT2D eigenvalue weighted by Crippen LogP contribution is -2.35. The van der Waals surface area contributed by atoms with Crippen molar-refractivity contribution in [2.75, 3.05) is 6.54 Å². The van der Waals surface area contributed by atoms with Crippen LogP contribution in [0.4, 0.5) is 4.39 Å². The highest BCUT2D eigenvalue weighted by Crippen LogP contribution is 2.45. The molecule has 5 heteroatoms. The molecule has 2 heterocycles. The van der Waals surface area contributed by atoms with Gasteiger partial charge in [0, 0.05) is 24.5 Å². The largest absolute Gasteiger partial charge is 0.380 e. The van der Waals surface area contributed by atoms with E-state index < -0.39 is 11.3 Å². The lowest BCUT2D eigenvalue weighted by Gasteiger charge is -2.33. The molecule has 1 N–H and O–H groups in total. The number of fused-ring (bicyclic) bond motifs is 3. The van der Waals surface area contributed by atoms with Crippen LogP contribution in [0.1, 0.15) is 48.1 Å².